The lowest BCUT2D eigenvalue weighted by atomic mass is 10.0. The van der Waals surface area contributed by atoms with Gasteiger partial charge >= 0.3 is 12.1 Å². The van der Waals surface area contributed by atoms with Gasteiger partial charge in [0.25, 0.3) is 5.91 Å². The van der Waals surface area contributed by atoms with E-state index < -0.39 is 41.5 Å². The van der Waals surface area contributed by atoms with Gasteiger partial charge in [-0.15, -0.1) is 0 Å². The van der Waals surface area contributed by atoms with Crippen LogP contribution in [-0.4, -0.2) is 30.5 Å². The lowest BCUT2D eigenvalue weighted by Gasteiger charge is -2.19. The molecule has 2 heterocycles. The quantitative estimate of drug-likeness (QED) is 0.635. The molecule has 1 saturated heterocycles. The average Bonchev–Trinajstić information content (AvgIpc) is 3.08. The molecule has 2 amide bonds. The zero-order valence-corrected chi connectivity index (χ0v) is 12.7. The minimum Gasteiger partial charge on any atom is -0.464 e. The fourth-order valence-electron chi connectivity index (χ4n) is 2.61. The van der Waals surface area contributed by atoms with Crippen molar-refractivity contribution in [3.63, 3.8) is 0 Å². The van der Waals surface area contributed by atoms with Crippen LogP contribution in [0, 0.1) is 0 Å². The highest BCUT2D eigenvalue weighted by molar-refractivity contribution is 6.25. The number of halogens is 3. The first-order chi connectivity index (χ1) is 11.7. The third-order valence-corrected chi connectivity index (χ3v) is 3.79. The number of nitrogens with zero attached hydrogens (tertiary/aromatic N) is 1. The van der Waals surface area contributed by atoms with Crippen LogP contribution in [-0.2, 0) is 30.1 Å². The van der Waals surface area contributed by atoms with E-state index in [0.717, 1.165) is 25.3 Å². The summed E-state index contributed by atoms with van der Waals surface area (Å²) in [7, 11) is 1.12. The second-order valence-electron chi connectivity index (χ2n) is 5.40. The maximum atomic E-state index is 12.8. The number of carbonyl (C=O) groups is 3. The number of methoxy groups -OCH3 is 1. The monoisotopic (exact) mass is 356 g/mol. The summed E-state index contributed by atoms with van der Waals surface area (Å²) in [6, 6.07) is 3.82. The van der Waals surface area contributed by atoms with Gasteiger partial charge in [-0.1, -0.05) is 6.07 Å². The van der Waals surface area contributed by atoms with Gasteiger partial charge in [0, 0.05) is 0 Å². The van der Waals surface area contributed by atoms with Crippen LogP contribution in [0.4, 0.5) is 18.9 Å². The van der Waals surface area contributed by atoms with Crippen LogP contribution < -0.4 is 10.4 Å². The number of alkyl halides is 3. The van der Waals surface area contributed by atoms with Gasteiger partial charge in [-0.25, -0.2) is 9.69 Å². The van der Waals surface area contributed by atoms with Gasteiger partial charge in [0.05, 0.1) is 24.8 Å². The normalized spacial score (nSPS) is 23.0. The number of benzene rings is 1. The number of anilines is 1. The summed E-state index contributed by atoms with van der Waals surface area (Å²) in [5.41, 5.74) is -0.992. The zero-order chi connectivity index (χ0) is 18.4. The lowest BCUT2D eigenvalue weighted by Crippen LogP contribution is -2.40. The van der Waals surface area contributed by atoms with Gasteiger partial charge in [0.2, 0.25) is 11.5 Å². The van der Waals surface area contributed by atoms with E-state index in [9.17, 15) is 27.6 Å². The average molecular weight is 356 g/mol. The topological polar surface area (TPSA) is 84.9 Å². The first-order valence-corrected chi connectivity index (χ1v) is 6.98. The van der Waals surface area contributed by atoms with Crippen molar-refractivity contribution in [3.05, 3.63) is 41.6 Å². The zero-order valence-electron chi connectivity index (χ0n) is 12.7. The number of imide groups is 1. The van der Waals surface area contributed by atoms with Crippen molar-refractivity contribution in [1.82, 2.24) is 5.48 Å². The smallest absolute Gasteiger partial charge is 0.416 e. The Morgan fingerprint density at radius 1 is 1.36 bits per heavy atom. The van der Waals surface area contributed by atoms with E-state index in [1.54, 1.807) is 0 Å². The molecule has 0 bridgehead atoms. The maximum Gasteiger partial charge on any atom is 0.416 e. The van der Waals surface area contributed by atoms with Gasteiger partial charge in [-0.2, -0.15) is 13.2 Å². The van der Waals surface area contributed by atoms with Crippen LogP contribution in [0.3, 0.4) is 0 Å². The molecule has 1 aromatic rings. The number of hydrogen-bond donors (Lipinski definition) is 1. The molecule has 2 aliphatic rings. The van der Waals surface area contributed by atoms with E-state index in [0.29, 0.717) is 11.0 Å². The summed E-state index contributed by atoms with van der Waals surface area (Å²) in [6.45, 7) is 0. The number of rotatable bonds is 2. The standard InChI is InChI=1S/C15H11F3N2O5/c1-24-12(22)10-6-14(25-19-10)7-11(21)20(13(14)23)9-4-2-3-8(5-9)15(16,17)18/h2-6,19H,7H2,1H3/t14-/m0/s1. The Bertz CT molecular complexity index is 805. The summed E-state index contributed by atoms with van der Waals surface area (Å²) in [5, 5.41) is 0. The summed E-state index contributed by atoms with van der Waals surface area (Å²) >= 11 is 0. The molecular formula is C15H11F3N2O5. The molecule has 0 aliphatic carbocycles. The highest BCUT2D eigenvalue weighted by atomic mass is 19.4. The predicted octanol–water partition coefficient (Wildman–Crippen LogP) is 1.30. The summed E-state index contributed by atoms with van der Waals surface area (Å²) in [6.07, 6.45) is -3.99. The largest absolute Gasteiger partial charge is 0.464 e. The highest BCUT2D eigenvalue weighted by Crippen LogP contribution is 2.38. The lowest BCUT2D eigenvalue weighted by molar-refractivity contribution is -0.142. The first-order valence-electron chi connectivity index (χ1n) is 6.98. The van der Waals surface area contributed by atoms with Crippen LogP contribution in [0.25, 0.3) is 0 Å². The Morgan fingerprint density at radius 3 is 2.72 bits per heavy atom. The highest BCUT2D eigenvalue weighted by Gasteiger charge is 2.56. The van der Waals surface area contributed by atoms with Crippen LogP contribution in [0.15, 0.2) is 36.0 Å². The summed E-state index contributed by atoms with van der Waals surface area (Å²) < 4.78 is 43.0. The SMILES string of the molecule is COC(=O)C1=C[C@@]2(CC(=O)N(c3cccc(C(F)(F)F)c3)C2=O)ON1. The molecule has 0 radical (unpaired) electrons. The van der Waals surface area contributed by atoms with Crippen LogP contribution in [0.5, 0.6) is 0 Å². The van der Waals surface area contributed by atoms with Crippen molar-refractivity contribution in [1.29, 1.82) is 0 Å². The number of amides is 2. The fourth-order valence-corrected chi connectivity index (χ4v) is 2.61. The Kier molecular flexibility index (Phi) is 3.79. The Morgan fingerprint density at radius 2 is 2.08 bits per heavy atom. The number of hydroxylamine groups is 1. The molecule has 0 aromatic heterocycles. The molecule has 1 fully saturated rings. The molecule has 1 N–H and O–H groups in total. The van der Waals surface area contributed by atoms with E-state index in [1.165, 1.54) is 6.07 Å². The number of ether oxygens (including phenoxy) is 1. The van der Waals surface area contributed by atoms with Gasteiger partial charge in [0.1, 0.15) is 5.70 Å². The molecule has 2 aliphatic heterocycles. The van der Waals surface area contributed by atoms with Crippen molar-refractivity contribution < 1.29 is 37.1 Å². The van der Waals surface area contributed by atoms with Crippen LogP contribution in [0.1, 0.15) is 12.0 Å². The molecule has 10 heteroatoms. The third-order valence-electron chi connectivity index (χ3n) is 3.79. The molecular weight excluding hydrogens is 345 g/mol. The van der Waals surface area contributed by atoms with E-state index in [1.807, 2.05) is 0 Å². The maximum absolute atomic E-state index is 12.8. The van der Waals surface area contributed by atoms with Gasteiger partial charge < -0.3 is 4.74 Å². The van der Waals surface area contributed by atoms with Crippen molar-refractivity contribution >= 4 is 23.5 Å². The fraction of sp³-hybridized carbons (Fsp3) is 0.267. The molecule has 1 spiro atoms. The molecule has 3 rings (SSSR count). The van der Waals surface area contributed by atoms with Gasteiger partial charge in [0.15, 0.2) is 0 Å². The molecule has 25 heavy (non-hydrogen) atoms. The number of carbonyl (C=O) groups excluding carboxylic acids is 3. The summed E-state index contributed by atoms with van der Waals surface area (Å²) in [5.74, 6) is -2.47. The van der Waals surface area contributed by atoms with Crippen LogP contribution in [0.2, 0.25) is 0 Å². The van der Waals surface area contributed by atoms with E-state index >= 15 is 0 Å². The van der Waals surface area contributed by atoms with E-state index in [-0.39, 0.29) is 11.4 Å². The first kappa shape index (κ1) is 17.0. The minimum atomic E-state index is -4.62. The Balaban J connectivity index is 1.96. The molecule has 1 aromatic carbocycles. The van der Waals surface area contributed by atoms with Crippen molar-refractivity contribution in [2.24, 2.45) is 0 Å². The molecule has 0 saturated carbocycles. The third kappa shape index (κ3) is 2.74. The van der Waals surface area contributed by atoms with Crippen molar-refractivity contribution in [2.45, 2.75) is 18.2 Å². The van der Waals surface area contributed by atoms with Crippen molar-refractivity contribution in [3.8, 4) is 0 Å². The molecule has 132 valence electrons. The van der Waals surface area contributed by atoms with Crippen LogP contribution >= 0.6 is 0 Å². The van der Waals surface area contributed by atoms with Gasteiger partial charge in [-0.05, 0) is 24.3 Å². The number of nitrogens with one attached hydrogen (secondary N) is 1. The second kappa shape index (κ2) is 5.59. The molecule has 7 nitrogen and oxygen atoms in total. The Labute approximate surface area is 138 Å². The Hall–Kier alpha value is -2.88. The number of esters is 1. The van der Waals surface area contributed by atoms with E-state index in [2.05, 4.69) is 10.2 Å². The molecule has 0 unspecified atom stereocenters. The van der Waals surface area contributed by atoms with E-state index in [4.69, 9.17) is 4.84 Å². The molecule has 1 atom stereocenters. The summed E-state index contributed by atoms with van der Waals surface area (Å²) in [4.78, 5) is 42.0. The number of hydrogen-bond acceptors (Lipinski definition) is 6. The minimum absolute atomic E-state index is 0.172. The second-order valence-corrected chi connectivity index (χ2v) is 5.40. The van der Waals surface area contributed by atoms with Gasteiger partial charge in [-0.3, -0.25) is 19.9 Å². The van der Waals surface area contributed by atoms with Crippen molar-refractivity contribution in [2.75, 3.05) is 12.0 Å². The predicted molar refractivity (Wildman–Crippen MR) is 75.6 cm³/mol.